The monoisotopic (exact) mass is 375 g/mol. The number of carboxylic acid groups (broad SMARTS) is 1. The largest absolute Gasteiger partial charge is 0.481 e. The maximum absolute atomic E-state index is 12.3. The first-order valence-electron chi connectivity index (χ1n) is 9.15. The van der Waals surface area contributed by atoms with Crippen molar-refractivity contribution >= 4 is 23.6 Å². The first-order valence-corrected chi connectivity index (χ1v) is 9.15. The van der Waals surface area contributed by atoms with Crippen molar-refractivity contribution in [2.75, 3.05) is 25.0 Å². The van der Waals surface area contributed by atoms with Gasteiger partial charge in [0, 0.05) is 31.9 Å². The van der Waals surface area contributed by atoms with Crippen LogP contribution in [-0.4, -0.2) is 53.7 Å². The van der Waals surface area contributed by atoms with Gasteiger partial charge < -0.3 is 25.4 Å². The average Bonchev–Trinajstić information content (AvgIpc) is 3.30. The van der Waals surface area contributed by atoms with Crippen LogP contribution in [0, 0.1) is 5.41 Å². The van der Waals surface area contributed by atoms with Crippen LogP contribution in [0.2, 0.25) is 0 Å². The number of hydrogen-bond donors (Lipinski definition) is 3. The molecule has 3 amide bonds. The van der Waals surface area contributed by atoms with Crippen molar-refractivity contribution in [3.05, 3.63) is 29.8 Å². The first-order chi connectivity index (χ1) is 12.9. The number of carbonyl (C=O) groups excluding carboxylic acids is 2. The average molecular weight is 375 g/mol. The molecule has 0 bridgehead atoms. The molecule has 2 unspecified atom stereocenters. The molecule has 27 heavy (non-hydrogen) atoms. The van der Waals surface area contributed by atoms with Crippen molar-refractivity contribution in [2.45, 2.75) is 38.8 Å². The number of nitrogens with zero attached hydrogens (tertiary/aromatic N) is 1. The number of urea groups is 1. The van der Waals surface area contributed by atoms with Crippen molar-refractivity contribution in [2.24, 2.45) is 5.41 Å². The molecule has 2 fully saturated rings. The van der Waals surface area contributed by atoms with Crippen LogP contribution in [0.3, 0.4) is 0 Å². The fourth-order valence-electron chi connectivity index (χ4n) is 3.36. The van der Waals surface area contributed by atoms with Gasteiger partial charge in [-0.05, 0) is 43.9 Å². The third-order valence-corrected chi connectivity index (χ3v) is 5.14. The summed E-state index contributed by atoms with van der Waals surface area (Å²) in [6.45, 7) is 3.19. The Kier molecular flexibility index (Phi) is 5.65. The van der Waals surface area contributed by atoms with E-state index in [-0.39, 0.29) is 18.5 Å². The second-order valence-electron chi connectivity index (χ2n) is 7.39. The van der Waals surface area contributed by atoms with Crippen LogP contribution >= 0.6 is 0 Å². The summed E-state index contributed by atoms with van der Waals surface area (Å²) in [4.78, 5) is 37.2. The van der Waals surface area contributed by atoms with Crippen molar-refractivity contribution < 1.29 is 24.2 Å². The summed E-state index contributed by atoms with van der Waals surface area (Å²) in [5, 5.41) is 14.9. The highest BCUT2D eigenvalue weighted by Gasteiger charge is 2.42. The van der Waals surface area contributed by atoms with Gasteiger partial charge in [0.1, 0.15) is 6.10 Å². The highest BCUT2D eigenvalue weighted by Crippen LogP contribution is 2.30. The quantitative estimate of drug-likeness (QED) is 0.727. The molecule has 1 aromatic rings. The highest BCUT2D eigenvalue weighted by molar-refractivity contribution is 5.94. The maximum Gasteiger partial charge on any atom is 0.317 e. The Labute approximate surface area is 157 Å². The Bertz CT molecular complexity index is 732. The number of carbonyl (C=O) groups is 3. The molecular formula is C19H25N3O5. The zero-order valence-electron chi connectivity index (χ0n) is 15.4. The molecule has 8 nitrogen and oxygen atoms in total. The van der Waals surface area contributed by atoms with Gasteiger partial charge in [-0.1, -0.05) is 12.1 Å². The van der Waals surface area contributed by atoms with Gasteiger partial charge in [-0.3, -0.25) is 9.59 Å². The van der Waals surface area contributed by atoms with Crippen molar-refractivity contribution in [1.29, 1.82) is 0 Å². The molecule has 2 atom stereocenters. The predicted molar refractivity (Wildman–Crippen MR) is 98.2 cm³/mol. The van der Waals surface area contributed by atoms with E-state index in [1.165, 1.54) is 4.90 Å². The number of benzene rings is 1. The van der Waals surface area contributed by atoms with Crippen molar-refractivity contribution in [3.63, 3.8) is 0 Å². The summed E-state index contributed by atoms with van der Waals surface area (Å²) >= 11 is 0. The van der Waals surface area contributed by atoms with Gasteiger partial charge in [-0.25, -0.2) is 4.79 Å². The summed E-state index contributed by atoms with van der Waals surface area (Å²) in [7, 11) is 0. The van der Waals surface area contributed by atoms with Gasteiger partial charge in [0.05, 0.1) is 5.41 Å². The minimum atomic E-state index is -0.885. The predicted octanol–water partition coefficient (Wildman–Crippen LogP) is 1.81. The van der Waals surface area contributed by atoms with E-state index in [9.17, 15) is 19.5 Å². The van der Waals surface area contributed by atoms with E-state index in [0.717, 1.165) is 18.4 Å². The van der Waals surface area contributed by atoms with E-state index in [0.29, 0.717) is 31.8 Å². The molecule has 1 aromatic carbocycles. The first kappa shape index (κ1) is 19.2. The summed E-state index contributed by atoms with van der Waals surface area (Å²) < 4.78 is 5.37. The number of carboxylic acids is 1. The Morgan fingerprint density at radius 2 is 2.19 bits per heavy atom. The molecule has 0 aromatic heterocycles. The van der Waals surface area contributed by atoms with E-state index in [4.69, 9.17) is 4.74 Å². The molecule has 2 saturated heterocycles. The summed E-state index contributed by atoms with van der Waals surface area (Å²) in [6.07, 6.45) is 1.67. The fraction of sp³-hybridized carbons (Fsp3) is 0.526. The molecule has 146 valence electrons. The van der Waals surface area contributed by atoms with Gasteiger partial charge in [0.2, 0.25) is 0 Å². The second-order valence-corrected chi connectivity index (χ2v) is 7.39. The normalized spacial score (nSPS) is 24.6. The summed E-state index contributed by atoms with van der Waals surface area (Å²) in [6, 6.07) is 6.97. The number of rotatable bonds is 5. The number of amides is 3. The van der Waals surface area contributed by atoms with Crippen LogP contribution in [-0.2, 0) is 20.9 Å². The summed E-state index contributed by atoms with van der Waals surface area (Å²) in [5.41, 5.74) is 0.611. The minimum Gasteiger partial charge on any atom is -0.481 e. The Hall–Kier alpha value is -2.61. The van der Waals surface area contributed by atoms with Crippen LogP contribution in [0.15, 0.2) is 24.3 Å². The zero-order chi connectivity index (χ0) is 19.4. The molecule has 0 saturated carbocycles. The van der Waals surface area contributed by atoms with Crippen molar-refractivity contribution in [1.82, 2.24) is 10.2 Å². The lowest BCUT2D eigenvalue weighted by atomic mass is 9.90. The van der Waals surface area contributed by atoms with E-state index in [1.54, 1.807) is 19.1 Å². The van der Waals surface area contributed by atoms with E-state index < -0.39 is 17.5 Å². The number of ether oxygens (including phenoxy) is 1. The summed E-state index contributed by atoms with van der Waals surface area (Å²) in [5.74, 6) is -1.04. The van der Waals surface area contributed by atoms with Gasteiger partial charge >= 0.3 is 12.0 Å². The zero-order valence-corrected chi connectivity index (χ0v) is 15.4. The van der Waals surface area contributed by atoms with Gasteiger partial charge in [0.15, 0.2) is 0 Å². The van der Waals surface area contributed by atoms with Crippen LogP contribution in [0.5, 0.6) is 0 Å². The number of hydrogen-bond acceptors (Lipinski definition) is 4. The standard InChI is InChI=1S/C19H25N3O5/c1-19(17(24)25)7-8-22(12-19)18(26)20-11-13-4-2-5-14(10-13)21-16(23)15-6-3-9-27-15/h2,4-5,10,15H,3,6-9,11-12H2,1H3,(H,20,26)(H,21,23)(H,24,25). The topological polar surface area (TPSA) is 108 Å². The number of nitrogens with one attached hydrogen (secondary N) is 2. The van der Waals surface area contributed by atoms with Crippen LogP contribution in [0.1, 0.15) is 31.7 Å². The smallest absolute Gasteiger partial charge is 0.317 e. The second kappa shape index (κ2) is 7.96. The number of likely N-dealkylation sites (tertiary alicyclic amines) is 1. The van der Waals surface area contributed by atoms with E-state index >= 15 is 0 Å². The molecule has 0 spiro atoms. The van der Waals surface area contributed by atoms with E-state index in [2.05, 4.69) is 10.6 Å². The molecule has 0 aliphatic carbocycles. The van der Waals surface area contributed by atoms with Crippen LogP contribution < -0.4 is 10.6 Å². The third kappa shape index (κ3) is 4.57. The molecule has 8 heteroatoms. The lowest BCUT2D eigenvalue weighted by Crippen LogP contribution is -2.40. The third-order valence-electron chi connectivity index (χ3n) is 5.14. The Morgan fingerprint density at radius 3 is 2.85 bits per heavy atom. The lowest BCUT2D eigenvalue weighted by Gasteiger charge is -2.20. The van der Waals surface area contributed by atoms with Gasteiger partial charge in [0.25, 0.3) is 5.91 Å². The Balaban J connectivity index is 1.52. The molecular weight excluding hydrogens is 350 g/mol. The minimum absolute atomic E-state index is 0.154. The van der Waals surface area contributed by atoms with Gasteiger partial charge in [-0.2, -0.15) is 0 Å². The fourth-order valence-corrected chi connectivity index (χ4v) is 3.36. The maximum atomic E-state index is 12.3. The molecule has 0 radical (unpaired) electrons. The Morgan fingerprint density at radius 1 is 1.37 bits per heavy atom. The van der Waals surface area contributed by atoms with Crippen LogP contribution in [0.4, 0.5) is 10.5 Å². The lowest BCUT2D eigenvalue weighted by molar-refractivity contribution is -0.147. The molecule has 2 aliphatic heterocycles. The van der Waals surface area contributed by atoms with Crippen molar-refractivity contribution in [3.8, 4) is 0 Å². The molecule has 2 heterocycles. The number of anilines is 1. The molecule has 3 rings (SSSR count). The molecule has 3 N–H and O–H groups in total. The molecule has 2 aliphatic rings. The van der Waals surface area contributed by atoms with Crippen LogP contribution in [0.25, 0.3) is 0 Å². The van der Waals surface area contributed by atoms with E-state index in [1.807, 2.05) is 12.1 Å². The van der Waals surface area contributed by atoms with Gasteiger partial charge in [-0.15, -0.1) is 0 Å². The number of aliphatic carboxylic acids is 1. The SMILES string of the molecule is CC1(C(=O)O)CCN(C(=O)NCc2cccc(NC(=O)C3CCCO3)c2)C1. The highest BCUT2D eigenvalue weighted by atomic mass is 16.5.